The Labute approximate surface area is 127 Å². The molecule has 0 aliphatic carbocycles. The van der Waals surface area contributed by atoms with Gasteiger partial charge in [-0.15, -0.1) is 0 Å². The topological polar surface area (TPSA) is 44.4 Å². The van der Waals surface area contributed by atoms with E-state index in [1.54, 1.807) is 0 Å². The Morgan fingerprint density at radius 3 is 2.38 bits per heavy atom. The molecule has 1 aliphatic rings. The molecule has 2 rings (SSSR count). The smallest absolute Gasteiger partial charge is 0.221 e. The largest absolute Gasteiger partial charge is 0.326 e. The molecule has 2 N–H and O–H groups in total. The highest BCUT2D eigenvalue weighted by Crippen LogP contribution is 2.10. The molecule has 0 atom stereocenters. The molecule has 1 aromatic carbocycles. The third-order valence-corrected chi connectivity index (χ3v) is 3.91. The fourth-order valence-corrected chi connectivity index (χ4v) is 2.74. The first-order valence-electron chi connectivity index (χ1n) is 8.03. The number of hydrogen-bond acceptors (Lipinski definition) is 3. The zero-order valence-electron chi connectivity index (χ0n) is 13.0. The highest BCUT2D eigenvalue weighted by Gasteiger charge is 2.07. The number of rotatable bonds is 6. The van der Waals surface area contributed by atoms with E-state index in [4.69, 9.17) is 0 Å². The molecule has 0 unspecified atom stereocenters. The van der Waals surface area contributed by atoms with Gasteiger partial charge in [0.1, 0.15) is 0 Å². The first-order chi connectivity index (χ1) is 10.2. The molecule has 1 heterocycles. The van der Waals surface area contributed by atoms with E-state index in [2.05, 4.69) is 27.7 Å². The average molecular weight is 289 g/mol. The lowest BCUT2D eigenvalue weighted by Gasteiger charge is -2.19. The fourth-order valence-electron chi connectivity index (χ4n) is 2.74. The van der Waals surface area contributed by atoms with E-state index >= 15 is 0 Å². The summed E-state index contributed by atoms with van der Waals surface area (Å²) < 4.78 is 0. The van der Waals surface area contributed by atoms with Gasteiger partial charge in [0.05, 0.1) is 0 Å². The summed E-state index contributed by atoms with van der Waals surface area (Å²) >= 11 is 0. The highest BCUT2D eigenvalue weighted by atomic mass is 16.1. The molecule has 0 spiro atoms. The van der Waals surface area contributed by atoms with Gasteiger partial charge in [-0.25, -0.2) is 0 Å². The lowest BCUT2D eigenvalue weighted by Crippen LogP contribution is -2.32. The van der Waals surface area contributed by atoms with Crippen molar-refractivity contribution in [3.05, 3.63) is 29.8 Å². The van der Waals surface area contributed by atoms with Crippen LogP contribution < -0.4 is 10.6 Å². The SMILES string of the molecule is CC(=O)Nc1ccc(CNCCN2CCCCCC2)cc1. The van der Waals surface area contributed by atoms with E-state index in [1.807, 2.05) is 12.1 Å². The van der Waals surface area contributed by atoms with Gasteiger partial charge in [0.25, 0.3) is 0 Å². The monoisotopic (exact) mass is 289 g/mol. The zero-order valence-corrected chi connectivity index (χ0v) is 13.0. The van der Waals surface area contributed by atoms with E-state index in [0.29, 0.717) is 0 Å². The second-order valence-corrected chi connectivity index (χ2v) is 5.81. The molecule has 1 fully saturated rings. The van der Waals surface area contributed by atoms with Crippen LogP contribution in [0, 0.1) is 0 Å². The van der Waals surface area contributed by atoms with Gasteiger partial charge in [-0.1, -0.05) is 25.0 Å². The summed E-state index contributed by atoms with van der Waals surface area (Å²) in [4.78, 5) is 13.5. The Balaban J connectivity index is 1.64. The summed E-state index contributed by atoms with van der Waals surface area (Å²) in [5, 5.41) is 6.28. The maximum Gasteiger partial charge on any atom is 0.221 e. The first kappa shape index (κ1) is 16.0. The number of likely N-dealkylation sites (tertiary alicyclic amines) is 1. The third-order valence-electron chi connectivity index (χ3n) is 3.91. The van der Waals surface area contributed by atoms with Crippen molar-refractivity contribution in [2.24, 2.45) is 0 Å². The van der Waals surface area contributed by atoms with E-state index in [0.717, 1.165) is 25.3 Å². The van der Waals surface area contributed by atoms with Crippen LogP contribution in [0.2, 0.25) is 0 Å². The Kier molecular flexibility index (Phi) is 6.70. The van der Waals surface area contributed by atoms with Crippen LogP contribution >= 0.6 is 0 Å². The number of benzene rings is 1. The lowest BCUT2D eigenvalue weighted by molar-refractivity contribution is -0.114. The van der Waals surface area contributed by atoms with Crippen molar-refractivity contribution in [2.75, 3.05) is 31.5 Å². The Morgan fingerprint density at radius 2 is 1.76 bits per heavy atom. The summed E-state index contributed by atoms with van der Waals surface area (Å²) in [7, 11) is 0. The molecule has 0 saturated carbocycles. The molecule has 116 valence electrons. The van der Waals surface area contributed by atoms with Crippen LogP contribution in [-0.4, -0.2) is 37.0 Å². The van der Waals surface area contributed by atoms with Gasteiger partial charge in [-0.3, -0.25) is 4.79 Å². The van der Waals surface area contributed by atoms with Crippen molar-refractivity contribution in [3.8, 4) is 0 Å². The van der Waals surface area contributed by atoms with Gasteiger partial charge in [0.2, 0.25) is 5.91 Å². The molecule has 0 aromatic heterocycles. The molecule has 1 saturated heterocycles. The van der Waals surface area contributed by atoms with Gasteiger partial charge in [-0.2, -0.15) is 0 Å². The van der Waals surface area contributed by atoms with Gasteiger partial charge in [0, 0.05) is 32.2 Å². The summed E-state index contributed by atoms with van der Waals surface area (Å²) in [5.74, 6) is -0.0293. The molecule has 1 aliphatic heterocycles. The maximum atomic E-state index is 11.0. The number of amides is 1. The number of carbonyl (C=O) groups excluding carboxylic acids is 1. The minimum absolute atomic E-state index is 0.0293. The van der Waals surface area contributed by atoms with Crippen LogP contribution in [0.1, 0.15) is 38.2 Å². The van der Waals surface area contributed by atoms with E-state index in [-0.39, 0.29) is 5.91 Å². The fraction of sp³-hybridized carbons (Fsp3) is 0.588. The van der Waals surface area contributed by atoms with Crippen LogP contribution in [-0.2, 0) is 11.3 Å². The number of hydrogen-bond donors (Lipinski definition) is 2. The summed E-state index contributed by atoms with van der Waals surface area (Å²) in [6.45, 7) is 7.10. The summed E-state index contributed by atoms with van der Waals surface area (Å²) in [6.07, 6.45) is 5.49. The van der Waals surface area contributed by atoms with Gasteiger partial charge < -0.3 is 15.5 Å². The molecule has 1 amide bonds. The molecular weight excluding hydrogens is 262 g/mol. The molecule has 0 radical (unpaired) electrons. The summed E-state index contributed by atoms with van der Waals surface area (Å²) in [5.41, 5.74) is 2.11. The predicted molar refractivity (Wildman–Crippen MR) is 87.4 cm³/mol. The Bertz CT molecular complexity index is 422. The zero-order chi connectivity index (χ0) is 14.9. The van der Waals surface area contributed by atoms with Crippen molar-refractivity contribution >= 4 is 11.6 Å². The minimum atomic E-state index is -0.0293. The standard InChI is InChI=1S/C17H27N3O/c1-15(21)19-17-8-6-16(7-9-17)14-18-10-13-20-11-4-2-3-5-12-20/h6-9,18H,2-5,10-14H2,1H3,(H,19,21). The van der Waals surface area contributed by atoms with E-state index in [9.17, 15) is 4.79 Å². The number of nitrogens with zero attached hydrogens (tertiary/aromatic N) is 1. The molecule has 21 heavy (non-hydrogen) atoms. The predicted octanol–water partition coefficient (Wildman–Crippen LogP) is 2.61. The average Bonchev–Trinajstić information content (AvgIpc) is 2.73. The third kappa shape index (κ3) is 6.27. The second kappa shape index (κ2) is 8.80. The van der Waals surface area contributed by atoms with Crippen LogP contribution in [0.5, 0.6) is 0 Å². The van der Waals surface area contributed by atoms with Gasteiger partial charge in [-0.05, 0) is 43.6 Å². The lowest BCUT2D eigenvalue weighted by atomic mass is 10.2. The van der Waals surface area contributed by atoms with Crippen molar-refractivity contribution in [2.45, 2.75) is 39.2 Å². The van der Waals surface area contributed by atoms with E-state index < -0.39 is 0 Å². The second-order valence-electron chi connectivity index (χ2n) is 5.81. The Morgan fingerprint density at radius 1 is 1.10 bits per heavy atom. The number of carbonyl (C=O) groups is 1. The van der Waals surface area contributed by atoms with Gasteiger partial charge >= 0.3 is 0 Å². The maximum absolute atomic E-state index is 11.0. The summed E-state index contributed by atoms with van der Waals surface area (Å²) in [6, 6.07) is 8.02. The van der Waals surface area contributed by atoms with Crippen LogP contribution in [0.15, 0.2) is 24.3 Å². The molecular formula is C17H27N3O. The highest BCUT2D eigenvalue weighted by molar-refractivity contribution is 5.88. The van der Waals surface area contributed by atoms with Crippen LogP contribution in [0.4, 0.5) is 5.69 Å². The number of anilines is 1. The van der Waals surface area contributed by atoms with Crippen LogP contribution in [0.25, 0.3) is 0 Å². The van der Waals surface area contributed by atoms with E-state index in [1.165, 1.54) is 51.3 Å². The number of nitrogens with one attached hydrogen (secondary N) is 2. The van der Waals surface area contributed by atoms with Crippen molar-refractivity contribution in [1.82, 2.24) is 10.2 Å². The molecule has 0 bridgehead atoms. The van der Waals surface area contributed by atoms with Crippen molar-refractivity contribution in [1.29, 1.82) is 0 Å². The van der Waals surface area contributed by atoms with Crippen LogP contribution in [0.3, 0.4) is 0 Å². The first-order valence-corrected chi connectivity index (χ1v) is 8.03. The molecule has 4 heteroatoms. The molecule has 4 nitrogen and oxygen atoms in total. The van der Waals surface area contributed by atoms with Gasteiger partial charge in [0.15, 0.2) is 0 Å². The quantitative estimate of drug-likeness (QED) is 0.791. The van der Waals surface area contributed by atoms with Crippen molar-refractivity contribution < 1.29 is 4.79 Å². The minimum Gasteiger partial charge on any atom is -0.326 e. The molecule has 1 aromatic rings. The normalized spacial score (nSPS) is 16.4. The Hall–Kier alpha value is -1.39. The van der Waals surface area contributed by atoms with Crippen molar-refractivity contribution in [3.63, 3.8) is 0 Å².